The van der Waals surface area contributed by atoms with E-state index in [-0.39, 0.29) is 0 Å². The third-order valence-electron chi connectivity index (χ3n) is 3.68. The van der Waals surface area contributed by atoms with Gasteiger partial charge in [-0.2, -0.15) is 4.98 Å². The average Bonchev–Trinajstić information content (AvgIpc) is 3.25. The van der Waals surface area contributed by atoms with Crippen molar-refractivity contribution < 1.29 is 14.0 Å². The van der Waals surface area contributed by atoms with Gasteiger partial charge in [-0.05, 0) is 12.1 Å². The van der Waals surface area contributed by atoms with Crippen molar-refractivity contribution in [3.05, 3.63) is 29.9 Å². The molecule has 0 radical (unpaired) electrons. The van der Waals surface area contributed by atoms with Crippen LogP contribution in [0.4, 0.5) is 0 Å². The fourth-order valence-electron chi connectivity index (χ4n) is 2.31. The van der Waals surface area contributed by atoms with Crippen molar-refractivity contribution in [3.8, 4) is 22.9 Å². The second kappa shape index (κ2) is 7.56. The van der Waals surface area contributed by atoms with E-state index in [0.717, 1.165) is 23.0 Å². The highest BCUT2D eigenvalue weighted by Gasteiger charge is 2.15. The highest BCUT2D eigenvalue weighted by Crippen LogP contribution is 2.32. The van der Waals surface area contributed by atoms with Gasteiger partial charge in [-0.15, -0.1) is 10.2 Å². The second-order valence-electron chi connectivity index (χ2n) is 5.18. The maximum absolute atomic E-state index is 5.38. The van der Waals surface area contributed by atoms with E-state index >= 15 is 0 Å². The Labute approximate surface area is 149 Å². The summed E-state index contributed by atoms with van der Waals surface area (Å²) < 4.78 is 17.9. The van der Waals surface area contributed by atoms with Crippen LogP contribution in [0.15, 0.2) is 27.9 Å². The molecule has 3 aromatic rings. The van der Waals surface area contributed by atoms with E-state index in [1.165, 1.54) is 11.8 Å². The molecule has 3 rings (SSSR count). The van der Waals surface area contributed by atoms with Gasteiger partial charge in [0.15, 0.2) is 5.16 Å². The summed E-state index contributed by atoms with van der Waals surface area (Å²) in [6, 6.07) is 5.45. The summed E-state index contributed by atoms with van der Waals surface area (Å²) in [6.07, 6.45) is 0.839. The molecule has 0 aliphatic heterocycles. The maximum atomic E-state index is 5.38. The summed E-state index contributed by atoms with van der Waals surface area (Å²) in [7, 11) is 5.14. The Morgan fingerprint density at radius 2 is 2.04 bits per heavy atom. The molecule has 0 amide bonds. The highest BCUT2D eigenvalue weighted by atomic mass is 32.2. The minimum Gasteiger partial charge on any atom is -0.497 e. The van der Waals surface area contributed by atoms with Crippen LogP contribution in [-0.2, 0) is 19.2 Å². The van der Waals surface area contributed by atoms with Gasteiger partial charge in [0.25, 0.3) is 0 Å². The van der Waals surface area contributed by atoms with Gasteiger partial charge in [0.1, 0.15) is 17.3 Å². The number of benzene rings is 1. The number of hydrogen-bond donors (Lipinski definition) is 0. The van der Waals surface area contributed by atoms with Crippen LogP contribution >= 0.6 is 11.8 Å². The molecule has 9 heteroatoms. The smallest absolute Gasteiger partial charge is 0.237 e. The Balaban J connectivity index is 1.75. The largest absolute Gasteiger partial charge is 0.497 e. The molecule has 0 aliphatic carbocycles. The first-order valence-corrected chi connectivity index (χ1v) is 8.70. The molecule has 2 aromatic heterocycles. The Bertz CT molecular complexity index is 861. The van der Waals surface area contributed by atoms with E-state index in [2.05, 4.69) is 20.3 Å². The number of rotatable bonds is 7. The van der Waals surface area contributed by atoms with E-state index in [1.807, 2.05) is 30.7 Å². The quantitative estimate of drug-likeness (QED) is 0.594. The number of ether oxygens (including phenoxy) is 2. The second-order valence-corrected chi connectivity index (χ2v) is 6.12. The number of hydrogen-bond acceptors (Lipinski definition) is 8. The minimum atomic E-state index is 0.474. The molecule has 1 aromatic carbocycles. The molecule has 8 nitrogen and oxygen atoms in total. The summed E-state index contributed by atoms with van der Waals surface area (Å²) in [5.41, 5.74) is 0.746. The number of methoxy groups -OCH3 is 2. The monoisotopic (exact) mass is 361 g/mol. The molecule has 0 saturated carbocycles. The molecular formula is C16H19N5O3S. The molecule has 2 heterocycles. The van der Waals surface area contributed by atoms with Crippen LogP contribution in [0.3, 0.4) is 0 Å². The lowest BCUT2D eigenvalue weighted by molar-refractivity contribution is 0.388. The lowest BCUT2D eigenvalue weighted by Crippen LogP contribution is -1.97. The first kappa shape index (κ1) is 17.3. The van der Waals surface area contributed by atoms with Gasteiger partial charge in [0.05, 0.1) is 25.5 Å². The number of thioether (sulfide) groups is 1. The Morgan fingerprint density at radius 3 is 2.72 bits per heavy atom. The van der Waals surface area contributed by atoms with Gasteiger partial charge in [-0.25, -0.2) is 0 Å². The van der Waals surface area contributed by atoms with Crippen LogP contribution in [-0.4, -0.2) is 39.1 Å². The molecule has 0 atom stereocenters. The molecule has 25 heavy (non-hydrogen) atoms. The Kier molecular flexibility index (Phi) is 5.22. The Morgan fingerprint density at radius 1 is 1.20 bits per heavy atom. The van der Waals surface area contributed by atoms with E-state index in [9.17, 15) is 0 Å². The van der Waals surface area contributed by atoms with E-state index in [1.54, 1.807) is 20.3 Å². The zero-order valence-electron chi connectivity index (χ0n) is 14.5. The average molecular weight is 361 g/mol. The lowest BCUT2D eigenvalue weighted by Gasteiger charge is -2.07. The fraction of sp³-hybridized carbons (Fsp3) is 0.375. The first-order chi connectivity index (χ1) is 12.2. The van der Waals surface area contributed by atoms with Crippen LogP contribution in [0.1, 0.15) is 18.6 Å². The van der Waals surface area contributed by atoms with Gasteiger partial charge in [0, 0.05) is 19.5 Å². The summed E-state index contributed by atoms with van der Waals surface area (Å²) in [4.78, 5) is 4.44. The predicted octanol–water partition coefficient (Wildman–Crippen LogP) is 2.74. The standard InChI is InChI=1S/C16H19N5O3S/c1-5-13-18-19-16(21(13)2)25-9-14-17-15(20-24-14)11-7-6-10(22-3)8-12(11)23-4/h6-8H,5,9H2,1-4H3. The summed E-state index contributed by atoms with van der Waals surface area (Å²) in [6.45, 7) is 2.05. The maximum Gasteiger partial charge on any atom is 0.237 e. The van der Waals surface area contributed by atoms with Gasteiger partial charge in [0.2, 0.25) is 11.7 Å². The molecule has 0 fully saturated rings. The Hall–Kier alpha value is -2.55. The van der Waals surface area contributed by atoms with Crippen molar-refractivity contribution >= 4 is 11.8 Å². The zero-order valence-corrected chi connectivity index (χ0v) is 15.3. The van der Waals surface area contributed by atoms with E-state index in [4.69, 9.17) is 14.0 Å². The normalized spacial score (nSPS) is 10.9. The summed E-state index contributed by atoms with van der Waals surface area (Å²) >= 11 is 1.50. The molecule has 0 bridgehead atoms. The van der Waals surface area contributed by atoms with E-state index < -0.39 is 0 Å². The predicted molar refractivity (Wildman–Crippen MR) is 92.8 cm³/mol. The van der Waals surface area contributed by atoms with Crippen molar-refractivity contribution in [2.24, 2.45) is 7.05 Å². The summed E-state index contributed by atoms with van der Waals surface area (Å²) in [5.74, 6) is 3.77. The van der Waals surface area contributed by atoms with Crippen LogP contribution in [0.5, 0.6) is 11.5 Å². The number of aromatic nitrogens is 5. The third-order valence-corrected chi connectivity index (χ3v) is 4.69. The molecule has 0 aliphatic rings. The lowest BCUT2D eigenvalue weighted by atomic mass is 10.2. The molecule has 0 N–H and O–H groups in total. The SMILES string of the molecule is CCc1nnc(SCc2nc(-c3ccc(OC)cc3OC)no2)n1C. The molecule has 0 unspecified atom stereocenters. The fourth-order valence-corrected chi connectivity index (χ4v) is 3.08. The van der Waals surface area contributed by atoms with E-state index in [0.29, 0.717) is 29.0 Å². The van der Waals surface area contributed by atoms with Crippen molar-refractivity contribution in [1.29, 1.82) is 0 Å². The van der Waals surface area contributed by atoms with Crippen LogP contribution in [0, 0.1) is 0 Å². The highest BCUT2D eigenvalue weighted by molar-refractivity contribution is 7.98. The van der Waals surface area contributed by atoms with Gasteiger partial charge in [-0.3, -0.25) is 0 Å². The molecule has 132 valence electrons. The molecule has 0 saturated heterocycles. The van der Waals surface area contributed by atoms with Crippen LogP contribution in [0.2, 0.25) is 0 Å². The first-order valence-electron chi connectivity index (χ1n) is 7.72. The van der Waals surface area contributed by atoms with Crippen LogP contribution < -0.4 is 9.47 Å². The van der Waals surface area contributed by atoms with Crippen molar-refractivity contribution in [1.82, 2.24) is 24.9 Å². The number of nitrogens with zero attached hydrogens (tertiary/aromatic N) is 5. The van der Waals surface area contributed by atoms with Crippen molar-refractivity contribution in [2.45, 2.75) is 24.3 Å². The van der Waals surface area contributed by atoms with Gasteiger partial charge in [-0.1, -0.05) is 23.8 Å². The van der Waals surface area contributed by atoms with Gasteiger partial charge >= 0.3 is 0 Å². The van der Waals surface area contributed by atoms with Crippen LogP contribution in [0.25, 0.3) is 11.4 Å². The van der Waals surface area contributed by atoms with Gasteiger partial charge < -0.3 is 18.6 Å². The van der Waals surface area contributed by atoms with Crippen molar-refractivity contribution in [3.63, 3.8) is 0 Å². The topological polar surface area (TPSA) is 88.1 Å². The minimum absolute atomic E-state index is 0.474. The molecular weight excluding hydrogens is 342 g/mol. The zero-order chi connectivity index (χ0) is 17.8. The number of aryl methyl sites for hydroxylation is 1. The third kappa shape index (κ3) is 3.60. The summed E-state index contributed by atoms with van der Waals surface area (Å²) in [5, 5.41) is 13.2. The molecule has 0 spiro atoms. The van der Waals surface area contributed by atoms with Crippen molar-refractivity contribution in [2.75, 3.05) is 14.2 Å².